The highest BCUT2D eigenvalue weighted by Gasteiger charge is 2.46. The summed E-state index contributed by atoms with van der Waals surface area (Å²) in [7, 11) is 4.83. The molecule has 0 amide bonds. The zero-order chi connectivity index (χ0) is 9.90. The molecule has 0 radical (unpaired) electrons. The number of aliphatic hydroxyl groups excluding tert-OH is 1. The first kappa shape index (κ1) is 10.9. The Morgan fingerprint density at radius 3 is 2.46 bits per heavy atom. The monoisotopic (exact) mass is 191 g/mol. The molecule has 0 bridgehead atoms. The molecular formula is C8H17NO4. The van der Waals surface area contributed by atoms with Crippen LogP contribution in [-0.2, 0) is 14.2 Å². The first-order valence-electron chi connectivity index (χ1n) is 4.23. The molecule has 2 atom stereocenters. The van der Waals surface area contributed by atoms with Crippen molar-refractivity contribution in [2.24, 2.45) is 0 Å². The van der Waals surface area contributed by atoms with Crippen LogP contribution in [0.15, 0.2) is 0 Å². The maximum Gasteiger partial charge on any atom is 0.209 e. The minimum atomic E-state index is -0.883. The molecular weight excluding hydrogens is 174 g/mol. The van der Waals surface area contributed by atoms with Crippen molar-refractivity contribution >= 4 is 0 Å². The van der Waals surface area contributed by atoms with Crippen molar-refractivity contribution in [3.8, 4) is 0 Å². The fourth-order valence-electron chi connectivity index (χ4n) is 1.67. The van der Waals surface area contributed by atoms with Gasteiger partial charge in [0.1, 0.15) is 6.61 Å². The second-order valence-corrected chi connectivity index (χ2v) is 3.07. The molecule has 1 heterocycles. The molecule has 1 saturated heterocycles. The molecule has 0 unspecified atom stereocenters. The second-order valence-electron chi connectivity index (χ2n) is 3.07. The van der Waals surface area contributed by atoms with Gasteiger partial charge in [-0.15, -0.1) is 0 Å². The van der Waals surface area contributed by atoms with E-state index in [4.69, 9.17) is 14.2 Å². The van der Waals surface area contributed by atoms with E-state index < -0.39 is 11.9 Å². The maximum absolute atomic E-state index is 9.62. The highest BCUT2D eigenvalue weighted by molar-refractivity contribution is 4.93. The molecule has 5 heteroatoms. The van der Waals surface area contributed by atoms with E-state index in [0.29, 0.717) is 13.2 Å². The summed E-state index contributed by atoms with van der Waals surface area (Å²) in [5.41, 5.74) is 0. The molecule has 1 fully saturated rings. The zero-order valence-electron chi connectivity index (χ0n) is 8.24. The van der Waals surface area contributed by atoms with Crippen LogP contribution < -0.4 is 5.32 Å². The molecule has 0 spiro atoms. The predicted octanol–water partition coefficient (Wildman–Crippen LogP) is -1.05. The van der Waals surface area contributed by atoms with Gasteiger partial charge in [0.05, 0.1) is 18.8 Å². The lowest BCUT2D eigenvalue weighted by atomic mass is 9.99. The van der Waals surface area contributed by atoms with Gasteiger partial charge in [-0.05, 0) is 7.05 Å². The maximum atomic E-state index is 9.62. The molecule has 0 aromatic carbocycles. The first-order chi connectivity index (χ1) is 6.20. The Bertz CT molecular complexity index is 160. The van der Waals surface area contributed by atoms with Gasteiger partial charge in [0.15, 0.2) is 0 Å². The van der Waals surface area contributed by atoms with Crippen molar-refractivity contribution in [3.05, 3.63) is 0 Å². The summed E-state index contributed by atoms with van der Waals surface area (Å²) < 4.78 is 15.6. The molecule has 1 aliphatic rings. The Hall–Kier alpha value is -0.200. The van der Waals surface area contributed by atoms with Gasteiger partial charge in [-0.2, -0.15) is 0 Å². The van der Waals surface area contributed by atoms with Crippen LogP contribution in [0.4, 0.5) is 0 Å². The molecule has 78 valence electrons. The van der Waals surface area contributed by atoms with Crippen LogP contribution in [0.3, 0.4) is 0 Å². The lowest BCUT2D eigenvalue weighted by Gasteiger charge is -2.43. The van der Waals surface area contributed by atoms with Crippen molar-refractivity contribution < 1.29 is 19.3 Å². The van der Waals surface area contributed by atoms with E-state index in [1.165, 1.54) is 14.2 Å². The van der Waals surface area contributed by atoms with E-state index in [-0.39, 0.29) is 6.04 Å². The Labute approximate surface area is 78.0 Å². The molecule has 1 aliphatic heterocycles. The molecule has 2 N–H and O–H groups in total. The van der Waals surface area contributed by atoms with Crippen molar-refractivity contribution in [2.75, 3.05) is 34.5 Å². The van der Waals surface area contributed by atoms with Gasteiger partial charge in [0.25, 0.3) is 0 Å². The lowest BCUT2D eigenvalue weighted by Crippen LogP contribution is -2.64. The van der Waals surface area contributed by atoms with Gasteiger partial charge in [-0.1, -0.05) is 0 Å². The quantitative estimate of drug-likeness (QED) is 0.558. The van der Waals surface area contributed by atoms with Crippen LogP contribution >= 0.6 is 0 Å². The topological polar surface area (TPSA) is 60.0 Å². The molecule has 0 aromatic rings. The largest absolute Gasteiger partial charge is 0.389 e. The average molecular weight is 191 g/mol. The summed E-state index contributed by atoms with van der Waals surface area (Å²) in [5, 5.41) is 12.6. The second kappa shape index (κ2) is 4.34. The fraction of sp³-hybridized carbons (Fsp3) is 1.00. The summed E-state index contributed by atoms with van der Waals surface area (Å²) in [4.78, 5) is 0. The molecule has 5 nitrogen and oxygen atoms in total. The number of hydrogen-bond donors (Lipinski definition) is 2. The summed E-state index contributed by atoms with van der Waals surface area (Å²) in [5.74, 6) is -0.883. The van der Waals surface area contributed by atoms with Crippen LogP contribution in [0.2, 0.25) is 0 Å². The van der Waals surface area contributed by atoms with Crippen molar-refractivity contribution in [1.82, 2.24) is 5.32 Å². The van der Waals surface area contributed by atoms with E-state index in [2.05, 4.69) is 5.32 Å². The third-order valence-corrected chi connectivity index (χ3v) is 2.45. The predicted molar refractivity (Wildman–Crippen MR) is 46.4 cm³/mol. The van der Waals surface area contributed by atoms with Crippen LogP contribution in [0, 0.1) is 0 Å². The average Bonchev–Trinajstić information content (AvgIpc) is 2.17. The lowest BCUT2D eigenvalue weighted by molar-refractivity contribution is -0.288. The summed E-state index contributed by atoms with van der Waals surface area (Å²) in [6.45, 7) is 0.628. The number of ether oxygens (including phenoxy) is 3. The number of hydrogen-bond acceptors (Lipinski definition) is 5. The zero-order valence-corrected chi connectivity index (χ0v) is 8.24. The van der Waals surface area contributed by atoms with E-state index in [1.54, 1.807) is 7.05 Å². The number of nitrogens with one attached hydrogen (secondary N) is 1. The van der Waals surface area contributed by atoms with Crippen molar-refractivity contribution in [1.29, 1.82) is 0 Å². The molecule has 1 rings (SSSR count). The number of rotatable bonds is 3. The van der Waals surface area contributed by atoms with Crippen molar-refractivity contribution in [3.63, 3.8) is 0 Å². The molecule has 0 aromatic heterocycles. The number of aliphatic hydroxyl groups is 1. The van der Waals surface area contributed by atoms with Gasteiger partial charge in [0.2, 0.25) is 5.79 Å². The number of likely N-dealkylation sites (N-methyl/N-ethyl adjacent to an activating group) is 1. The fourth-order valence-corrected chi connectivity index (χ4v) is 1.67. The minimum absolute atomic E-state index is 0.267. The molecule has 13 heavy (non-hydrogen) atoms. The molecule has 0 aliphatic carbocycles. The van der Waals surface area contributed by atoms with Crippen LogP contribution in [0.5, 0.6) is 0 Å². The Morgan fingerprint density at radius 1 is 1.46 bits per heavy atom. The normalized spacial score (nSPS) is 33.2. The van der Waals surface area contributed by atoms with Gasteiger partial charge < -0.3 is 24.6 Å². The Morgan fingerprint density at radius 2 is 2.08 bits per heavy atom. The van der Waals surface area contributed by atoms with E-state index >= 15 is 0 Å². The van der Waals surface area contributed by atoms with E-state index in [1.807, 2.05) is 0 Å². The SMILES string of the molecule is CN[C@H]1[C@@H](O)COCC1(OC)OC. The van der Waals surface area contributed by atoms with Crippen molar-refractivity contribution in [2.45, 2.75) is 17.9 Å². The summed E-state index contributed by atoms with van der Waals surface area (Å²) in [6, 6.07) is -0.267. The Balaban J connectivity index is 2.78. The standard InChI is InChI=1S/C8H17NO4/c1-9-7-6(10)4-13-5-8(7,11-2)12-3/h6-7,9-10H,4-5H2,1-3H3/t6-,7-/m0/s1. The smallest absolute Gasteiger partial charge is 0.209 e. The Kier molecular flexibility index (Phi) is 3.63. The van der Waals surface area contributed by atoms with Crippen LogP contribution in [0.1, 0.15) is 0 Å². The summed E-state index contributed by atoms with van der Waals surface area (Å²) >= 11 is 0. The van der Waals surface area contributed by atoms with E-state index in [9.17, 15) is 5.11 Å². The highest BCUT2D eigenvalue weighted by Crippen LogP contribution is 2.24. The highest BCUT2D eigenvalue weighted by atomic mass is 16.7. The van der Waals surface area contributed by atoms with Gasteiger partial charge >= 0.3 is 0 Å². The first-order valence-corrected chi connectivity index (χ1v) is 4.23. The minimum Gasteiger partial charge on any atom is -0.389 e. The van der Waals surface area contributed by atoms with E-state index in [0.717, 1.165) is 0 Å². The van der Waals surface area contributed by atoms with Gasteiger partial charge in [-0.3, -0.25) is 0 Å². The van der Waals surface area contributed by atoms with Crippen LogP contribution in [-0.4, -0.2) is 57.5 Å². The number of methoxy groups -OCH3 is 2. The third-order valence-electron chi connectivity index (χ3n) is 2.45. The third kappa shape index (κ3) is 1.84. The molecule has 0 saturated carbocycles. The van der Waals surface area contributed by atoms with Crippen LogP contribution in [0.25, 0.3) is 0 Å². The van der Waals surface area contributed by atoms with Gasteiger partial charge in [0, 0.05) is 14.2 Å². The summed E-state index contributed by atoms with van der Waals surface area (Å²) in [6.07, 6.45) is -0.612. The van der Waals surface area contributed by atoms with Gasteiger partial charge in [-0.25, -0.2) is 0 Å².